The van der Waals surface area contributed by atoms with Gasteiger partial charge in [0.05, 0.1) is 6.54 Å². The Labute approximate surface area is 109 Å². The molecule has 0 aromatic carbocycles. The van der Waals surface area contributed by atoms with E-state index in [0.717, 1.165) is 5.82 Å². The van der Waals surface area contributed by atoms with Gasteiger partial charge in [-0.15, -0.1) is 0 Å². The van der Waals surface area contributed by atoms with E-state index in [1.54, 1.807) is 35.3 Å². The van der Waals surface area contributed by atoms with Crippen LogP contribution in [-0.2, 0) is 24.9 Å². The number of carboxylic acid groups (broad SMARTS) is 1. The van der Waals surface area contributed by atoms with Gasteiger partial charge in [0, 0.05) is 25.6 Å². The largest absolute Gasteiger partial charge is 0.480 e. The van der Waals surface area contributed by atoms with Gasteiger partial charge in [0.15, 0.2) is 0 Å². The summed E-state index contributed by atoms with van der Waals surface area (Å²) in [7, 11) is 1.83. The summed E-state index contributed by atoms with van der Waals surface area (Å²) in [5, 5.41) is 11.4. The van der Waals surface area contributed by atoms with Crippen LogP contribution in [0.25, 0.3) is 0 Å². The van der Waals surface area contributed by atoms with Crippen LogP contribution in [0.2, 0.25) is 0 Å². The summed E-state index contributed by atoms with van der Waals surface area (Å²) in [5.41, 5.74) is 0.316. The van der Waals surface area contributed by atoms with Gasteiger partial charge in [0.2, 0.25) is 0 Å². The monoisotopic (exact) mass is 262 g/mol. The molecular formula is C12H14N4O3. The van der Waals surface area contributed by atoms with E-state index in [1.807, 2.05) is 7.05 Å². The Bertz CT molecular complexity index is 600. The van der Waals surface area contributed by atoms with Crippen LogP contribution in [0.5, 0.6) is 0 Å². The Morgan fingerprint density at radius 2 is 2.21 bits per heavy atom. The van der Waals surface area contributed by atoms with Crippen molar-refractivity contribution in [2.75, 3.05) is 0 Å². The van der Waals surface area contributed by atoms with Gasteiger partial charge in [-0.05, 0) is 12.1 Å². The topological polar surface area (TPSA) is 89.2 Å². The van der Waals surface area contributed by atoms with E-state index in [0.29, 0.717) is 12.2 Å². The second-order valence-electron chi connectivity index (χ2n) is 4.05. The minimum atomic E-state index is -0.991. The van der Waals surface area contributed by atoms with Gasteiger partial charge in [0.25, 0.3) is 5.91 Å². The minimum Gasteiger partial charge on any atom is -0.480 e. The number of hydrogen-bond acceptors (Lipinski definition) is 3. The van der Waals surface area contributed by atoms with Crippen LogP contribution in [0.4, 0.5) is 0 Å². The maximum atomic E-state index is 12.0. The summed E-state index contributed by atoms with van der Waals surface area (Å²) >= 11 is 0. The molecule has 0 saturated heterocycles. The molecule has 0 radical (unpaired) electrons. The highest BCUT2D eigenvalue weighted by Gasteiger charge is 2.12. The molecule has 0 aliphatic heterocycles. The Morgan fingerprint density at radius 3 is 2.84 bits per heavy atom. The molecule has 0 fully saturated rings. The van der Waals surface area contributed by atoms with E-state index < -0.39 is 5.97 Å². The van der Waals surface area contributed by atoms with Crippen LogP contribution in [0.1, 0.15) is 16.3 Å². The van der Waals surface area contributed by atoms with E-state index in [2.05, 4.69) is 10.3 Å². The number of aromatic nitrogens is 3. The molecule has 7 nitrogen and oxygen atoms in total. The zero-order valence-electron chi connectivity index (χ0n) is 10.4. The van der Waals surface area contributed by atoms with Gasteiger partial charge >= 0.3 is 5.97 Å². The maximum Gasteiger partial charge on any atom is 0.323 e. The van der Waals surface area contributed by atoms with Crippen molar-refractivity contribution in [2.24, 2.45) is 7.05 Å². The van der Waals surface area contributed by atoms with Gasteiger partial charge in [-0.1, -0.05) is 0 Å². The van der Waals surface area contributed by atoms with Crippen molar-refractivity contribution >= 4 is 11.9 Å². The summed E-state index contributed by atoms with van der Waals surface area (Å²) in [4.78, 5) is 26.7. The number of amides is 1. The molecule has 0 aliphatic carbocycles. The second-order valence-corrected chi connectivity index (χ2v) is 4.05. The Morgan fingerprint density at radius 1 is 1.42 bits per heavy atom. The second kappa shape index (κ2) is 5.38. The third kappa shape index (κ3) is 3.01. The third-order valence-electron chi connectivity index (χ3n) is 2.70. The predicted molar refractivity (Wildman–Crippen MR) is 66.4 cm³/mol. The van der Waals surface area contributed by atoms with Gasteiger partial charge in [-0.2, -0.15) is 0 Å². The molecule has 0 saturated carbocycles. The molecule has 0 spiro atoms. The molecular weight excluding hydrogens is 248 g/mol. The van der Waals surface area contributed by atoms with Crippen LogP contribution < -0.4 is 5.32 Å². The molecule has 2 heterocycles. The number of aryl methyl sites for hydroxylation is 1. The number of rotatable bonds is 5. The summed E-state index contributed by atoms with van der Waals surface area (Å²) in [6.07, 6.45) is 4.99. The molecule has 0 aliphatic rings. The van der Waals surface area contributed by atoms with Gasteiger partial charge in [-0.25, -0.2) is 4.98 Å². The lowest BCUT2D eigenvalue weighted by molar-refractivity contribution is -0.137. The van der Waals surface area contributed by atoms with Crippen molar-refractivity contribution in [1.82, 2.24) is 19.4 Å². The van der Waals surface area contributed by atoms with Gasteiger partial charge in [-0.3, -0.25) is 9.59 Å². The van der Waals surface area contributed by atoms with Crippen molar-refractivity contribution in [2.45, 2.75) is 13.1 Å². The highest BCUT2D eigenvalue weighted by Crippen LogP contribution is 2.03. The molecule has 100 valence electrons. The third-order valence-corrected chi connectivity index (χ3v) is 2.70. The van der Waals surface area contributed by atoms with E-state index in [1.165, 1.54) is 4.57 Å². The Kier molecular flexibility index (Phi) is 3.65. The number of aliphatic carboxylic acids is 1. The number of nitrogens with one attached hydrogen (secondary N) is 1. The molecule has 0 bridgehead atoms. The number of carbonyl (C=O) groups excluding carboxylic acids is 1. The molecule has 1 amide bonds. The summed E-state index contributed by atoms with van der Waals surface area (Å²) < 4.78 is 3.19. The molecule has 19 heavy (non-hydrogen) atoms. The van der Waals surface area contributed by atoms with Crippen molar-refractivity contribution in [3.8, 4) is 0 Å². The van der Waals surface area contributed by atoms with E-state index in [-0.39, 0.29) is 12.5 Å². The van der Waals surface area contributed by atoms with Gasteiger partial charge < -0.3 is 19.6 Å². The first-order chi connectivity index (χ1) is 9.08. The molecule has 7 heteroatoms. The SMILES string of the molecule is Cn1ccnc1CNC(=O)c1cccn1CC(=O)O. The van der Waals surface area contributed by atoms with Gasteiger partial charge in [0.1, 0.15) is 18.1 Å². The van der Waals surface area contributed by atoms with Crippen molar-refractivity contribution in [3.63, 3.8) is 0 Å². The molecule has 0 atom stereocenters. The lowest BCUT2D eigenvalue weighted by Gasteiger charge is -2.08. The first-order valence-electron chi connectivity index (χ1n) is 5.69. The smallest absolute Gasteiger partial charge is 0.323 e. The quantitative estimate of drug-likeness (QED) is 0.807. The summed E-state index contributed by atoms with van der Waals surface area (Å²) in [6.45, 7) is 0.0543. The van der Waals surface area contributed by atoms with Crippen molar-refractivity contribution < 1.29 is 14.7 Å². The predicted octanol–water partition coefficient (Wildman–Crippen LogP) is 0.236. The van der Waals surface area contributed by atoms with Crippen LogP contribution in [0.15, 0.2) is 30.7 Å². The molecule has 2 aromatic rings. The summed E-state index contributed by atoms with van der Waals surface area (Å²) in [6, 6.07) is 3.22. The van der Waals surface area contributed by atoms with E-state index in [9.17, 15) is 9.59 Å². The number of carbonyl (C=O) groups is 2. The zero-order chi connectivity index (χ0) is 13.8. The molecule has 2 rings (SSSR count). The van der Waals surface area contributed by atoms with Crippen molar-refractivity contribution in [1.29, 1.82) is 0 Å². The molecule has 2 N–H and O–H groups in total. The average Bonchev–Trinajstić information content (AvgIpc) is 2.95. The Hall–Kier alpha value is -2.57. The highest BCUT2D eigenvalue weighted by molar-refractivity contribution is 5.93. The van der Waals surface area contributed by atoms with Crippen LogP contribution >= 0.6 is 0 Å². The fourth-order valence-corrected chi connectivity index (χ4v) is 1.72. The molecule has 2 aromatic heterocycles. The van der Waals surface area contributed by atoms with Crippen molar-refractivity contribution in [3.05, 3.63) is 42.2 Å². The normalized spacial score (nSPS) is 10.4. The highest BCUT2D eigenvalue weighted by atomic mass is 16.4. The van der Waals surface area contributed by atoms with Crippen LogP contribution in [-0.4, -0.2) is 31.1 Å². The van der Waals surface area contributed by atoms with Crippen LogP contribution in [0.3, 0.4) is 0 Å². The number of carboxylic acids is 1. The minimum absolute atomic E-state index is 0.238. The lowest BCUT2D eigenvalue weighted by atomic mass is 10.4. The average molecular weight is 262 g/mol. The molecule has 0 unspecified atom stereocenters. The Balaban J connectivity index is 2.02. The van der Waals surface area contributed by atoms with Crippen LogP contribution in [0, 0.1) is 0 Å². The standard InChI is InChI=1S/C12H14N4O3/c1-15-6-4-13-10(15)7-14-12(19)9-3-2-5-16(9)8-11(17)18/h2-6H,7-8H2,1H3,(H,14,19)(H,17,18). The van der Waals surface area contributed by atoms with E-state index in [4.69, 9.17) is 5.11 Å². The lowest BCUT2D eigenvalue weighted by Crippen LogP contribution is -2.27. The number of imidazole rings is 1. The number of nitrogens with zero attached hydrogens (tertiary/aromatic N) is 3. The fourth-order valence-electron chi connectivity index (χ4n) is 1.72. The van der Waals surface area contributed by atoms with E-state index >= 15 is 0 Å². The fraction of sp³-hybridized carbons (Fsp3) is 0.250. The first-order valence-corrected chi connectivity index (χ1v) is 5.69. The zero-order valence-corrected chi connectivity index (χ0v) is 10.4. The number of hydrogen-bond donors (Lipinski definition) is 2. The maximum absolute atomic E-state index is 12.0. The summed E-state index contributed by atoms with van der Waals surface area (Å²) in [5.74, 6) is -0.590. The first kappa shape index (κ1) is 12.9.